The molecule has 11 heavy (non-hydrogen) atoms. The number of nitrogens with one attached hydrogen (secondary N) is 1. The fourth-order valence-corrected chi connectivity index (χ4v) is 0.892. The second-order valence-electron chi connectivity index (χ2n) is 2.31. The van der Waals surface area contributed by atoms with Crippen molar-refractivity contribution in [2.75, 3.05) is 7.05 Å². The van der Waals surface area contributed by atoms with E-state index in [1.807, 2.05) is 31.3 Å². The molecule has 0 aliphatic heterocycles. The van der Waals surface area contributed by atoms with Gasteiger partial charge < -0.3 is 5.32 Å². The van der Waals surface area contributed by atoms with Crippen LogP contribution in [0.4, 0.5) is 5.69 Å². The van der Waals surface area contributed by atoms with E-state index in [4.69, 9.17) is 6.57 Å². The van der Waals surface area contributed by atoms with Gasteiger partial charge in [-0.15, -0.1) is 0 Å². The molecule has 0 aliphatic rings. The highest BCUT2D eigenvalue weighted by atomic mass is 14.8. The summed E-state index contributed by atoms with van der Waals surface area (Å²) >= 11 is 0. The third kappa shape index (κ3) is 2.06. The standard InChI is InChI=1S/C9H10N2/c1-10-7-8-3-5-9(11-2)6-4-8/h3-6,10H,7H2,1H3. The Morgan fingerprint density at radius 2 is 2.00 bits per heavy atom. The van der Waals surface area contributed by atoms with Gasteiger partial charge in [-0.2, -0.15) is 0 Å². The third-order valence-corrected chi connectivity index (χ3v) is 1.45. The first-order valence-electron chi connectivity index (χ1n) is 3.48. The minimum atomic E-state index is 0.699. The van der Waals surface area contributed by atoms with E-state index in [1.54, 1.807) is 0 Å². The van der Waals surface area contributed by atoms with Gasteiger partial charge in [0.15, 0.2) is 5.69 Å². The summed E-state index contributed by atoms with van der Waals surface area (Å²) in [4.78, 5) is 3.30. The Morgan fingerprint density at radius 1 is 1.36 bits per heavy atom. The molecule has 56 valence electrons. The van der Waals surface area contributed by atoms with Crippen LogP contribution >= 0.6 is 0 Å². The fraction of sp³-hybridized carbons (Fsp3) is 0.222. The molecule has 1 aromatic carbocycles. The highest BCUT2D eigenvalue weighted by molar-refractivity contribution is 5.45. The van der Waals surface area contributed by atoms with Crippen molar-refractivity contribution < 1.29 is 0 Å². The minimum Gasteiger partial charge on any atom is -0.316 e. The Hall–Kier alpha value is -1.33. The lowest BCUT2D eigenvalue weighted by atomic mass is 10.2. The molecule has 0 bridgehead atoms. The van der Waals surface area contributed by atoms with Gasteiger partial charge in [-0.05, 0) is 12.6 Å². The predicted octanol–water partition coefficient (Wildman–Crippen LogP) is 1.96. The number of nitrogens with zero attached hydrogens (tertiary/aromatic N) is 1. The fourth-order valence-electron chi connectivity index (χ4n) is 0.892. The molecule has 2 nitrogen and oxygen atoms in total. The second kappa shape index (κ2) is 3.75. The van der Waals surface area contributed by atoms with Gasteiger partial charge in [0.25, 0.3) is 0 Å². The molecule has 0 atom stereocenters. The van der Waals surface area contributed by atoms with Gasteiger partial charge in [0.1, 0.15) is 0 Å². The Kier molecular flexibility index (Phi) is 2.65. The summed E-state index contributed by atoms with van der Waals surface area (Å²) in [5, 5.41) is 3.04. The van der Waals surface area contributed by atoms with Crippen molar-refractivity contribution in [1.29, 1.82) is 0 Å². The van der Waals surface area contributed by atoms with Crippen molar-refractivity contribution in [3.8, 4) is 0 Å². The van der Waals surface area contributed by atoms with Crippen molar-refractivity contribution in [2.45, 2.75) is 6.54 Å². The average molecular weight is 146 g/mol. The van der Waals surface area contributed by atoms with E-state index in [2.05, 4.69) is 10.2 Å². The van der Waals surface area contributed by atoms with Gasteiger partial charge in [0, 0.05) is 6.54 Å². The molecule has 0 amide bonds. The molecular formula is C9H10N2. The molecular weight excluding hydrogens is 136 g/mol. The maximum atomic E-state index is 6.73. The highest BCUT2D eigenvalue weighted by Crippen LogP contribution is 2.11. The van der Waals surface area contributed by atoms with E-state index >= 15 is 0 Å². The molecule has 0 fully saturated rings. The number of benzene rings is 1. The number of hydrogen-bond donors (Lipinski definition) is 1. The maximum absolute atomic E-state index is 6.73. The molecule has 0 aromatic heterocycles. The first-order valence-corrected chi connectivity index (χ1v) is 3.48. The number of rotatable bonds is 2. The summed E-state index contributed by atoms with van der Waals surface area (Å²) in [5.41, 5.74) is 1.91. The van der Waals surface area contributed by atoms with Crippen molar-refractivity contribution in [3.63, 3.8) is 0 Å². The van der Waals surface area contributed by atoms with E-state index in [0.29, 0.717) is 5.69 Å². The molecule has 0 unspecified atom stereocenters. The van der Waals surface area contributed by atoms with E-state index < -0.39 is 0 Å². The number of hydrogen-bond acceptors (Lipinski definition) is 1. The Bertz CT molecular complexity index is 256. The van der Waals surface area contributed by atoms with Gasteiger partial charge in [0.05, 0.1) is 6.57 Å². The van der Waals surface area contributed by atoms with Gasteiger partial charge >= 0.3 is 0 Å². The molecule has 1 N–H and O–H groups in total. The lowest BCUT2D eigenvalue weighted by molar-refractivity contribution is 0.818. The van der Waals surface area contributed by atoms with Crippen molar-refractivity contribution in [3.05, 3.63) is 41.2 Å². The van der Waals surface area contributed by atoms with Crippen molar-refractivity contribution in [2.24, 2.45) is 0 Å². The molecule has 0 saturated carbocycles. The highest BCUT2D eigenvalue weighted by Gasteiger charge is 1.90. The van der Waals surface area contributed by atoms with Crippen LogP contribution in [0.3, 0.4) is 0 Å². The monoisotopic (exact) mass is 146 g/mol. The van der Waals surface area contributed by atoms with E-state index in [1.165, 1.54) is 5.56 Å². The van der Waals surface area contributed by atoms with Crippen LogP contribution in [0.25, 0.3) is 4.85 Å². The lowest BCUT2D eigenvalue weighted by Gasteiger charge is -1.97. The van der Waals surface area contributed by atoms with Gasteiger partial charge in [0.2, 0.25) is 0 Å². The lowest BCUT2D eigenvalue weighted by Crippen LogP contribution is -2.04. The van der Waals surface area contributed by atoms with Crippen LogP contribution in [0.2, 0.25) is 0 Å². The molecule has 0 saturated heterocycles. The Labute approximate surface area is 66.7 Å². The zero-order chi connectivity index (χ0) is 8.10. The second-order valence-corrected chi connectivity index (χ2v) is 2.31. The molecule has 1 aromatic rings. The summed E-state index contributed by atoms with van der Waals surface area (Å²) < 4.78 is 0. The molecule has 0 radical (unpaired) electrons. The minimum absolute atomic E-state index is 0.699. The van der Waals surface area contributed by atoms with Crippen LogP contribution in [-0.4, -0.2) is 7.05 Å². The van der Waals surface area contributed by atoms with Crippen LogP contribution in [-0.2, 0) is 6.54 Å². The largest absolute Gasteiger partial charge is 0.316 e. The summed E-state index contributed by atoms with van der Waals surface area (Å²) in [6, 6.07) is 7.59. The molecule has 1 rings (SSSR count). The zero-order valence-electron chi connectivity index (χ0n) is 6.46. The van der Waals surface area contributed by atoms with Gasteiger partial charge in [-0.25, -0.2) is 4.85 Å². The summed E-state index contributed by atoms with van der Waals surface area (Å²) in [5.74, 6) is 0. The van der Waals surface area contributed by atoms with Crippen LogP contribution in [0.15, 0.2) is 24.3 Å². The Balaban J connectivity index is 2.76. The first-order chi connectivity index (χ1) is 5.36. The van der Waals surface area contributed by atoms with E-state index in [-0.39, 0.29) is 0 Å². The first kappa shape index (κ1) is 7.77. The summed E-state index contributed by atoms with van der Waals surface area (Å²) in [7, 11) is 1.91. The van der Waals surface area contributed by atoms with Crippen molar-refractivity contribution in [1.82, 2.24) is 5.32 Å². The molecule has 2 heteroatoms. The van der Waals surface area contributed by atoms with Crippen molar-refractivity contribution >= 4 is 5.69 Å². The van der Waals surface area contributed by atoms with Crippen LogP contribution < -0.4 is 5.32 Å². The predicted molar refractivity (Wildman–Crippen MR) is 45.5 cm³/mol. The zero-order valence-corrected chi connectivity index (χ0v) is 6.46. The van der Waals surface area contributed by atoms with Crippen LogP contribution in [0, 0.1) is 6.57 Å². The maximum Gasteiger partial charge on any atom is 0.187 e. The van der Waals surface area contributed by atoms with Gasteiger partial charge in [-0.1, -0.05) is 24.3 Å². The normalized spacial score (nSPS) is 9.09. The van der Waals surface area contributed by atoms with E-state index in [9.17, 15) is 0 Å². The molecule has 0 spiro atoms. The molecule has 0 aliphatic carbocycles. The van der Waals surface area contributed by atoms with Crippen LogP contribution in [0.1, 0.15) is 5.56 Å². The summed E-state index contributed by atoms with van der Waals surface area (Å²) in [6.45, 7) is 7.58. The molecule has 0 heterocycles. The third-order valence-electron chi connectivity index (χ3n) is 1.45. The summed E-state index contributed by atoms with van der Waals surface area (Å²) in [6.07, 6.45) is 0. The Morgan fingerprint density at radius 3 is 2.45 bits per heavy atom. The van der Waals surface area contributed by atoms with Crippen LogP contribution in [0.5, 0.6) is 0 Å². The SMILES string of the molecule is [C-]#[N+]c1ccc(CNC)cc1. The van der Waals surface area contributed by atoms with Gasteiger partial charge in [-0.3, -0.25) is 0 Å². The smallest absolute Gasteiger partial charge is 0.187 e. The van der Waals surface area contributed by atoms with E-state index in [0.717, 1.165) is 6.54 Å². The quantitative estimate of drug-likeness (QED) is 0.631. The average Bonchev–Trinajstić information content (AvgIpc) is 2.07. The topological polar surface area (TPSA) is 16.4 Å².